The summed E-state index contributed by atoms with van der Waals surface area (Å²) in [5, 5.41) is 4.73. The Morgan fingerprint density at radius 1 is 0.816 bits per heavy atom. The standard InChI is InChI=1S/C33H34N4O/c1-4-37(5-2)28-19-16-26(17-20-28)31(36-30-13-9-10-22-34-30)29-21-18-27-15-14-24(3)35-32(27)33(29)38-23-25-11-7-6-8-12-25/h6-22,31H,4-5,23H2,1-3H3,(H,34,36). The van der Waals surface area contributed by atoms with E-state index in [0.29, 0.717) is 6.61 Å². The second-order valence-electron chi connectivity index (χ2n) is 9.34. The van der Waals surface area contributed by atoms with Gasteiger partial charge in [-0.25, -0.2) is 9.97 Å². The third-order valence-electron chi connectivity index (χ3n) is 6.83. The van der Waals surface area contributed by atoms with Gasteiger partial charge in [-0.2, -0.15) is 0 Å². The number of fused-ring (bicyclic) bond motifs is 1. The summed E-state index contributed by atoms with van der Waals surface area (Å²) in [5.41, 5.74) is 6.30. The van der Waals surface area contributed by atoms with Crippen molar-refractivity contribution in [1.82, 2.24) is 9.97 Å². The van der Waals surface area contributed by atoms with Crippen LogP contribution in [0.5, 0.6) is 5.75 Å². The molecule has 0 fully saturated rings. The summed E-state index contributed by atoms with van der Waals surface area (Å²) >= 11 is 0. The van der Waals surface area contributed by atoms with Crippen molar-refractivity contribution < 1.29 is 4.74 Å². The summed E-state index contributed by atoms with van der Waals surface area (Å²) in [4.78, 5) is 11.8. The number of anilines is 2. The maximum absolute atomic E-state index is 6.60. The molecule has 192 valence electrons. The van der Waals surface area contributed by atoms with Gasteiger partial charge in [0.05, 0.1) is 6.04 Å². The molecule has 0 radical (unpaired) electrons. The number of aromatic nitrogens is 2. The third-order valence-corrected chi connectivity index (χ3v) is 6.83. The molecule has 5 rings (SSSR count). The topological polar surface area (TPSA) is 50.3 Å². The van der Waals surface area contributed by atoms with E-state index in [1.54, 1.807) is 6.20 Å². The molecule has 2 heterocycles. The van der Waals surface area contributed by atoms with Crippen molar-refractivity contribution in [1.29, 1.82) is 0 Å². The van der Waals surface area contributed by atoms with E-state index in [9.17, 15) is 0 Å². The number of hydrogen-bond acceptors (Lipinski definition) is 5. The van der Waals surface area contributed by atoms with Crippen LogP contribution in [0.4, 0.5) is 11.5 Å². The second kappa shape index (κ2) is 11.8. The Balaban J connectivity index is 1.62. The number of rotatable bonds is 10. The largest absolute Gasteiger partial charge is 0.486 e. The van der Waals surface area contributed by atoms with E-state index < -0.39 is 0 Å². The van der Waals surface area contributed by atoms with Gasteiger partial charge in [-0.15, -0.1) is 0 Å². The van der Waals surface area contributed by atoms with Crippen molar-refractivity contribution in [2.45, 2.75) is 33.4 Å². The fourth-order valence-corrected chi connectivity index (χ4v) is 4.79. The monoisotopic (exact) mass is 502 g/mol. The van der Waals surface area contributed by atoms with Gasteiger partial charge in [-0.05, 0) is 62.2 Å². The van der Waals surface area contributed by atoms with Crippen LogP contribution in [-0.2, 0) is 6.61 Å². The van der Waals surface area contributed by atoms with Crippen LogP contribution in [0.3, 0.4) is 0 Å². The molecule has 1 atom stereocenters. The van der Waals surface area contributed by atoms with Gasteiger partial charge in [0.2, 0.25) is 0 Å². The first kappa shape index (κ1) is 25.3. The Kier molecular flexibility index (Phi) is 7.84. The number of pyridine rings is 2. The van der Waals surface area contributed by atoms with Crippen LogP contribution in [0.15, 0.2) is 103 Å². The predicted molar refractivity (Wildman–Crippen MR) is 157 cm³/mol. The van der Waals surface area contributed by atoms with Crippen LogP contribution >= 0.6 is 0 Å². The Morgan fingerprint density at radius 2 is 1.55 bits per heavy atom. The van der Waals surface area contributed by atoms with Crippen molar-refractivity contribution >= 4 is 22.4 Å². The number of nitrogens with zero attached hydrogens (tertiary/aromatic N) is 3. The highest BCUT2D eigenvalue weighted by molar-refractivity contribution is 5.86. The van der Waals surface area contributed by atoms with Crippen molar-refractivity contribution in [3.05, 3.63) is 126 Å². The Morgan fingerprint density at radius 3 is 2.26 bits per heavy atom. The van der Waals surface area contributed by atoms with Crippen LogP contribution in [0.1, 0.15) is 42.3 Å². The molecule has 0 aliphatic rings. The minimum atomic E-state index is -0.187. The molecule has 5 aromatic rings. The zero-order chi connectivity index (χ0) is 26.3. The van der Waals surface area contributed by atoms with Gasteiger partial charge in [0.1, 0.15) is 17.9 Å². The van der Waals surface area contributed by atoms with Gasteiger partial charge in [0, 0.05) is 41.6 Å². The lowest BCUT2D eigenvalue weighted by molar-refractivity contribution is 0.305. The van der Waals surface area contributed by atoms with Gasteiger partial charge < -0.3 is 15.0 Å². The molecule has 0 saturated carbocycles. The minimum Gasteiger partial charge on any atom is -0.486 e. The molecule has 5 nitrogen and oxygen atoms in total. The van der Waals surface area contributed by atoms with Crippen molar-refractivity contribution in [2.75, 3.05) is 23.3 Å². The predicted octanol–water partition coefficient (Wildman–Crippen LogP) is 7.56. The lowest BCUT2D eigenvalue weighted by atomic mass is 9.95. The van der Waals surface area contributed by atoms with Gasteiger partial charge >= 0.3 is 0 Å². The Hall–Kier alpha value is -4.38. The van der Waals surface area contributed by atoms with E-state index in [1.807, 2.05) is 49.4 Å². The van der Waals surface area contributed by atoms with Gasteiger partial charge in [-0.3, -0.25) is 0 Å². The smallest absolute Gasteiger partial charge is 0.151 e. The summed E-state index contributed by atoms with van der Waals surface area (Å²) in [6.07, 6.45) is 1.81. The zero-order valence-electron chi connectivity index (χ0n) is 22.3. The Labute approximate surface area is 225 Å². The molecule has 0 aliphatic heterocycles. The van der Waals surface area contributed by atoms with Crippen LogP contribution in [0, 0.1) is 6.92 Å². The van der Waals surface area contributed by atoms with Crippen LogP contribution in [0.25, 0.3) is 10.9 Å². The van der Waals surface area contributed by atoms with E-state index in [-0.39, 0.29) is 6.04 Å². The molecule has 0 spiro atoms. The molecule has 3 aromatic carbocycles. The molecule has 38 heavy (non-hydrogen) atoms. The SMILES string of the molecule is CCN(CC)c1ccc(C(Nc2ccccn2)c2ccc3ccc(C)nc3c2OCc2ccccc2)cc1. The average molecular weight is 503 g/mol. The summed E-state index contributed by atoms with van der Waals surface area (Å²) in [5.74, 6) is 1.59. The fourth-order valence-electron chi connectivity index (χ4n) is 4.79. The summed E-state index contributed by atoms with van der Waals surface area (Å²) in [6, 6.07) is 33.2. The molecule has 0 saturated heterocycles. The quantitative estimate of drug-likeness (QED) is 0.213. The summed E-state index contributed by atoms with van der Waals surface area (Å²) < 4.78 is 6.60. The number of benzene rings is 3. The Bertz CT molecular complexity index is 1470. The van der Waals surface area contributed by atoms with E-state index in [0.717, 1.165) is 57.9 Å². The first-order chi connectivity index (χ1) is 18.7. The molecule has 2 aromatic heterocycles. The summed E-state index contributed by atoms with van der Waals surface area (Å²) in [7, 11) is 0. The lowest BCUT2D eigenvalue weighted by Crippen LogP contribution is -2.22. The van der Waals surface area contributed by atoms with E-state index in [4.69, 9.17) is 9.72 Å². The van der Waals surface area contributed by atoms with E-state index in [1.165, 1.54) is 5.69 Å². The highest BCUT2D eigenvalue weighted by Crippen LogP contribution is 2.38. The molecule has 0 amide bonds. The first-order valence-corrected chi connectivity index (χ1v) is 13.3. The van der Waals surface area contributed by atoms with Crippen LogP contribution in [-0.4, -0.2) is 23.1 Å². The highest BCUT2D eigenvalue weighted by atomic mass is 16.5. The first-order valence-electron chi connectivity index (χ1n) is 13.3. The normalized spacial score (nSPS) is 11.8. The highest BCUT2D eigenvalue weighted by Gasteiger charge is 2.22. The molecule has 1 unspecified atom stereocenters. The van der Waals surface area contributed by atoms with Crippen LogP contribution in [0.2, 0.25) is 0 Å². The minimum absolute atomic E-state index is 0.187. The number of nitrogens with one attached hydrogen (secondary N) is 1. The summed E-state index contributed by atoms with van der Waals surface area (Å²) in [6.45, 7) is 8.78. The van der Waals surface area contributed by atoms with Crippen molar-refractivity contribution in [3.63, 3.8) is 0 Å². The molecular weight excluding hydrogens is 468 g/mol. The molecule has 1 N–H and O–H groups in total. The molecule has 0 bridgehead atoms. The lowest BCUT2D eigenvalue weighted by Gasteiger charge is -2.25. The van der Waals surface area contributed by atoms with E-state index >= 15 is 0 Å². The zero-order valence-corrected chi connectivity index (χ0v) is 22.3. The number of ether oxygens (including phenoxy) is 1. The number of hydrogen-bond donors (Lipinski definition) is 1. The van der Waals surface area contributed by atoms with E-state index in [2.05, 4.69) is 83.6 Å². The number of aryl methyl sites for hydroxylation is 1. The van der Waals surface area contributed by atoms with Crippen LogP contribution < -0.4 is 15.0 Å². The maximum atomic E-state index is 6.60. The second-order valence-corrected chi connectivity index (χ2v) is 9.34. The molecule has 5 heteroatoms. The fraction of sp³-hybridized carbons (Fsp3) is 0.212. The average Bonchev–Trinajstić information content (AvgIpc) is 2.97. The maximum Gasteiger partial charge on any atom is 0.151 e. The van der Waals surface area contributed by atoms with Gasteiger partial charge in [0.25, 0.3) is 0 Å². The van der Waals surface area contributed by atoms with Gasteiger partial charge in [-0.1, -0.05) is 66.7 Å². The molecular formula is C33H34N4O. The van der Waals surface area contributed by atoms with Crippen molar-refractivity contribution in [2.24, 2.45) is 0 Å². The van der Waals surface area contributed by atoms with Crippen molar-refractivity contribution in [3.8, 4) is 5.75 Å². The molecule has 0 aliphatic carbocycles. The van der Waals surface area contributed by atoms with Gasteiger partial charge in [0.15, 0.2) is 5.75 Å². The third kappa shape index (κ3) is 5.62.